The van der Waals surface area contributed by atoms with Crippen molar-refractivity contribution in [1.82, 2.24) is 20.2 Å². The average molecular weight is 487 g/mol. The molecule has 0 bridgehead atoms. The Morgan fingerprint density at radius 2 is 1.67 bits per heavy atom. The normalized spacial score (nSPS) is 11.5. The van der Waals surface area contributed by atoms with Crippen molar-refractivity contribution in [2.75, 3.05) is 0 Å². The SMILES string of the molecule is Cc1nccn1-c1ccc(CNC(=O)[C@H](Cc2ccccc2)NC(=O)OCc2ccccc2)cc1F. The van der Waals surface area contributed by atoms with Crippen molar-refractivity contribution < 1.29 is 18.7 Å². The summed E-state index contributed by atoms with van der Waals surface area (Å²) in [5.41, 5.74) is 2.69. The van der Waals surface area contributed by atoms with E-state index < -0.39 is 23.9 Å². The van der Waals surface area contributed by atoms with Gasteiger partial charge in [-0.2, -0.15) is 0 Å². The molecule has 1 aromatic heterocycles. The first-order chi connectivity index (χ1) is 17.5. The summed E-state index contributed by atoms with van der Waals surface area (Å²) in [5, 5.41) is 5.46. The minimum absolute atomic E-state index is 0.0916. The summed E-state index contributed by atoms with van der Waals surface area (Å²) in [6.45, 7) is 1.98. The number of amides is 2. The number of nitrogens with zero attached hydrogens (tertiary/aromatic N) is 2. The summed E-state index contributed by atoms with van der Waals surface area (Å²) in [5.74, 6) is -0.152. The molecule has 8 heteroatoms. The van der Waals surface area contributed by atoms with Crippen LogP contribution >= 0.6 is 0 Å². The van der Waals surface area contributed by atoms with Gasteiger partial charge in [0.05, 0.1) is 5.69 Å². The molecule has 4 rings (SSSR count). The number of rotatable bonds is 9. The van der Waals surface area contributed by atoms with Gasteiger partial charge in [0.25, 0.3) is 0 Å². The Morgan fingerprint density at radius 3 is 2.31 bits per heavy atom. The fourth-order valence-electron chi connectivity index (χ4n) is 3.77. The zero-order chi connectivity index (χ0) is 25.3. The monoisotopic (exact) mass is 486 g/mol. The van der Waals surface area contributed by atoms with Crippen LogP contribution in [0.25, 0.3) is 5.69 Å². The van der Waals surface area contributed by atoms with Crippen molar-refractivity contribution in [2.45, 2.75) is 32.5 Å². The number of hydrogen-bond acceptors (Lipinski definition) is 4. The van der Waals surface area contributed by atoms with Crippen molar-refractivity contribution in [2.24, 2.45) is 0 Å². The lowest BCUT2D eigenvalue weighted by Gasteiger charge is -2.19. The third kappa shape index (κ3) is 6.56. The number of halogens is 1. The van der Waals surface area contributed by atoms with E-state index in [0.717, 1.165) is 11.1 Å². The Labute approximate surface area is 208 Å². The van der Waals surface area contributed by atoms with E-state index in [-0.39, 0.29) is 19.6 Å². The number of aromatic nitrogens is 2. The molecular formula is C28H27FN4O3. The van der Waals surface area contributed by atoms with Gasteiger partial charge in [-0.25, -0.2) is 14.2 Å². The van der Waals surface area contributed by atoms with Crippen molar-refractivity contribution in [3.05, 3.63) is 120 Å². The quantitative estimate of drug-likeness (QED) is 0.366. The molecule has 2 amide bonds. The molecule has 0 aliphatic carbocycles. The molecule has 0 fully saturated rings. The predicted molar refractivity (Wildman–Crippen MR) is 134 cm³/mol. The maximum Gasteiger partial charge on any atom is 0.408 e. The minimum Gasteiger partial charge on any atom is -0.445 e. The van der Waals surface area contributed by atoms with Crippen molar-refractivity contribution in [3.63, 3.8) is 0 Å². The summed E-state index contributed by atoms with van der Waals surface area (Å²) < 4.78 is 21.7. The highest BCUT2D eigenvalue weighted by Gasteiger charge is 2.22. The van der Waals surface area contributed by atoms with E-state index in [1.54, 1.807) is 36.0 Å². The minimum atomic E-state index is -0.867. The Bertz CT molecular complexity index is 1310. The highest BCUT2D eigenvalue weighted by Crippen LogP contribution is 2.17. The summed E-state index contributed by atoms with van der Waals surface area (Å²) in [7, 11) is 0. The summed E-state index contributed by atoms with van der Waals surface area (Å²) in [6.07, 6.45) is 2.88. The first-order valence-corrected chi connectivity index (χ1v) is 11.6. The third-order valence-corrected chi connectivity index (χ3v) is 5.67. The predicted octanol–water partition coefficient (Wildman–Crippen LogP) is 4.47. The molecule has 36 heavy (non-hydrogen) atoms. The van der Waals surface area contributed by atoms with E-state index in [0.29, 0.717) is 17.1 Å². The van der Waals surface area contributed by atoms with Gasteiger partial charge in [0.15, 0.2) is 0 Å². The number of benzene rings is 3. The zero-order valence-corrected chi connectivity index (χ0v) is 19.9. The van der Waals surface area contributed by atoms with Crippen LogP contribution in [0.15, 0.2) is 91.3 Å². The van der Waals surface area contributed by atoms with E-state index in [1.165, 1.54) is 6.07 Å². The van der Waals surface area contributed by atoms with E-state index in [9.17, 15) is 14.0 Å². The number of alkyl carbamates (subject to hydrolysis) is 1. The number of ether oxygens (including phenoxy) is 1. The number of carbonyl (C=O) groups is 2. The fraction of sp³-hybridized carbons (Fsp3) is 0.179. The van der Waals surface area contributed by atoms with Gasteiger partial charge >= 0.3 is 6.09 Å². The van der Waals surface area contributed by atoms with Crippen LogP contribution in [0, 0.1) is 12.7 Å². The maximum absolute atomic E-state index is 14.7. The van der Waals surface area contributed by atoms with Gasteiger partial charge < -0.3 is 19.9 Å². The van der Waals surface area contributed by atoms with Gasteiger partial charge in [0.1, 0.15) is 24.3 Å². The fourth-order valence-corrected chi connectivity index (χ4v) is 3.77. The zero-order valence-electron chi connectivity index (χ0n) is 19.9. The van der Waals surface area contributed by atoms with Crippen molar-refractivity contribution in [1.29, 1.82) is 0 Å². The Balaban J connectivity index is 1.40. The molecular weight excluding hydrogens is 459 g/mol. The second-order valence-electron chi connectivity index (χ2n) is 8.30. The largest absolute Gasteiger partial charge is 0.445 e. The smallest absolute Gasteiger partial charge is 0.408 e. The van der Waals surface area contributed by atoms with E-state index in [1.807, 2.05) is 60.7 Å². The molecule has 3 aromatic carbocycles. The van der Waals surface area contributed by atoms with Crippen LogP contribution in [-0.2, 0) is 29.1 Å². The second-order valence-corrected chi connectivity index (χ2v) is 8.30. The molecule has 0 aliphatic heterocycles. The topological polar surface area (TPSA) is 85.3 Å². The van der Waals surface area contributed by atoms with Gasteiger partial charge in [0.2, 0.25) is 5.91 Å². The van der Waals surface area contributed by atoms with Crippen LogP contribution in [-0.4, -0.2) is 27.6 Å². The lowest BCUT2D eigenvalue weighted by atomic mass is 10.1. The molecule has 0 unspecified atom stereocenters. The van der Waals surface area contributed by atoms with Gasteiger partial charge in [-0.15, -0.1) is 0 Å². The second kappa shape index (κ2) is 11.8. The van der Waals surface area contributed by atoms with Crippen LogP contribution < -0.4 is 10.6 Å². The average Bonchev–Trinajstić information content (AvgIpc) is 3.32. The van der Waals surface area contributed by atoms with Crippen LogP contribution in [0.1, 0.15) is 22.5 Å². The molecule has 7 nitrogen and oxygen atoms in total. The molecule has 0 aliphatic rings. The standard InChI is InChI=1S/C28H27FN4O3/c1-20-30-14-15-33(20)26-13-12-23(16-24(26)29)18-31-27(34)25(17-21-8-4-2-5-9-21)32-28(35)36-19-22-10-6-3-7-11-22/h2-16,25H,17-19H2,1H3,(H,31,34)(H,32,35)/t25-/m0/s1. The molecule has 4 aromatic rings. The van der Waals surface area contributed by atoms with Crippen LogP contribution in [0.4, 0.5) is 9.18 Å². The van der Waals surface area contributed by atoms with Crippen LogP contribution in [0.2, 0.25) is 0 Å². The van der Waals surface area contributed by atoms with Crippen molar-refractivity contribution in [3.8, 4) is 5.69 Å². The molecule has 0 saturated carbocycles. The Hall–Kier alpha value is -4.46. The first kappa shape index (κ1) is 24.7. The van der Waals surface area contributed by atoms with E-state index in [2.05, 4.69) is 15.6 Å². The number of aryl methyl sites for hydroxylation is 1. The highest BCUT2D eigenvalue weighted by atomic mass is 19.1. The summed E-state index contributed by atoms with van der Waals surface area (Å²) >= 11 is 0. The molecule has 0 saturated heterocycles. The number of nitrogens with one attached hydrogen (secondary N) is 2. The van der Waals surface area contributed by atoms with Crippen LogP contribution in [0.3, 0.4) is 0 Å². The first-order valence-electron chi connectivity index (χ1n) is 11.6. The number of carbonyl (C=O) groups excluding carboxylic acids is 2. The lowest BCUT2D eigenvalue weighted by molar-refractivity contribution is -0.123. The van der Waals surface area contributed by atoms with Gasteiger partial charge in [-0.1, -0.05) is 66.7 Å². The third-order valence-electron chi connectivity index (χ3n) is 5.67. The van der Waals surface area contributed by atoms with Crippen molar-refractivity contribution >= 4 is 12.0 Å². The summed E-state index contributed by atoms with van der Waals surface area (Å²) in [4.78, 5) is 29.6. The Morgan fingerprint density at radius 1 is 0.972 bits per heavy atom. The molecule has 0 radical (unpaired) electrons. The van der Waals surface area contributed by atoms with E-state index >= 15 is 0 Å². The van der Waals surface area contributed by atoms with Crippen LogP contribution in [0.5, 0.6) is 0 Å². The van der Waals surface area contributed by atoms with E-state index in [4.69, 9.17) is 4.74 Å². The molecule has 0 spiro atoms. The van der Waals surface area contributed by atoms with Gasteiger partial charge in [0, 0.05) is 25.4 Å². The number of imidazole rings is 1. The maximum atomic E-state index is 14.7. The molecule has 2 N–H and O–H groups in total. The highest BCUT2D eigenvalue weighted by molar-refractivity contribution is 5.85. The summed E-state index contributed by atoms with van der Waals surface area (Å²) in [6, 6.07) is 22.5. The molecule has 184 valence electrons. The molecule has 1 atom stereocenters. The van der Waals surface area contributed by atoms with Gasteiger partial charge in [-0.05, 0) is 35.7 Å². The molecule has 1 heterocycles. The Kier molecular flexibility index (Phi) is 8.08. The van der Waals surface area contributed by atoms with Gasteiger partial charge in [-0.3, -0.25) is 4.79 Å². The lowest BCUT2D eigenvalue weighted by Crippen LogP contribution is -2.48. The number of hydrogen-bond donors (Lipinski definition) is 2.